The van der Waals surface area contributed by atoms with E-state index in [0.717, 1.165) is 22.7 Å². The first-order valence-electron chi connectivity index (χ1n) is 4.94. The maximum absolute atomic E-state index is 6.02. The molecule has 0 aliphatic carbocycles. The third-order valence-corrected chi connectivity index (χ3v) is 2.64. The van der Waals surface area contributed by atoms with E-state index in [1.807, 2.05) is 25.1 Å². The van der Waals surface area contributed by atoms with Crippen LogP contribution in [0.3, 0.4) is 0 Å². The van der Waals surface area contributed by atoms with E-state index in [1.54, 1.807) is 0 Å². The average Bonchev–Trinajstić information content (AvgIpc) is 2.76. The van der Waals surface area contributed by atoms with Crippen LogP contribution in [0.15, 0.2) is 18.2 Å². The Morgan fingerprint density at radius 3 is 2.94 bits per heavy atom. The van der Waals surface area contributed by atoms with Gasteiger partial charge in [0.2, 0.25) is 0 Å². The molecule has 0 fully saturated rings. The lowest BCUT2D eigenvalue weighted by molar-refractivity contribution is 0.663. The zero-order valence-electron chi connectivity index (χ0n) is 8.87. The van der Waals surface area contributed by atoms with E-state index in [-0.39, 0.29) is 0 Å². The molecule has 1 heterocycles. The second-order valence-electron chi connectivity index (χ2n) is 3.52. The van der Waals surface area contributed by atoms with Crippen molar-refractivity contribution in [3.05, 3.63) is 40.2 Å². The highest BCUT2D eigenvalue weighted by Gasteiger charge is 1.99. The molecule has 0 atom stereocenters. The fraction of sp³-hybridized carbons (Fsp3) is 0.300. The number of H-pyrrole nitrogens is 1. The predicted octanol–water partition coefficient (Wildman–Crippen LogP) is 1.45. The van der Waals surface area contributed by atoms with Gasteiger partial charge < -0.3 is 5.32 Å². The SMILES string of the molecule is Cc1ccc(CNCc2nn[nH]n2)cc1Cl. The Balaban J connectivity index is 1.87. The van der Waals surface area contributed by atoms with Gasteiger partial charge in [0.25, 0.3) is 0 Å². The van der Waals surface area contributed by atoms with E-state index in [1.165, 1.54) is 0 Å². The summed E-state index contributed by atoms with van der Waals surface area (Å²) in [7, 11) is 0. The van der Waals surface area contributed by atoms with Gasteiger partial charge in [-0.3, -0.25) is 0 Å². The van der Waals surface area contributed by atoms with Crippen molar-refractivity contribution in [2.45, 2.75) is 20.0 Å². The number of tetrazole rings is 1. The van der Waals surface area contributed by atoms with Gasteiger partial charge in [-0.25, -0.2) is 0 Å². The number of nitrogens with zero attached hydrogens (tertiary/aromatic N) is 3. The van der Waals surface area contributed by atoms with Crippen molar-refractivity contribution in [1.29, 1.82) is 0 Å². The number of rotatable bonds is 4. The Labute approximate surface area is 98.2 Å². The van der Waals surface area contributed by atoms with Crippen LogP contribution >= 0.6 is 11.6 Å². The molecule has 0 aliphatic heterocycles. The number of aryl methyl sites for hydroxylation is 1. The molecule has 0 amide bonds. The monoisotopic (exact) mass is 237 g/mol. The lowest BCUT2D eigenvalue weighted by atomic mass is 10.1. The summed E-state index contributed by atoms with van der Waals surface area (Å²) in [6.07, 6.45) is 0. The summed E-state index contributed by atoms with van der Waals surface area (Å²) >= 11 is 6.02. The quantitative estimate of drug-likeness (QED) is 0.845. The lowest BCUT2D eigenvalue weighted by Crippen LogP contribution is -2.13. The second-order valence-corrected chi connectivity index (χ2v) is 3.92. The van der Waals surface area contributed by atoms with Gasteiger partial charge in [0.1, 0.15) is 0 Å². The molecule has 0 bridgehead atoms. The summed E-state index contributed by atoms with van der Waals surface area (Å²) in [5.41, 5.74) is 2.22. The van der Waals surface area contributed by atoms with Crippen LogP contribution in [0.25, 0.3) is 0 Å². The van der Waals surface area contributed by atoms with E-state index < -0.39 is 0 Å². The Bertz CT molecular complexity index is 454. The van der Waals surface area contributed by atoms with E-state index in [9.17, 15) is 0 Å². The second kappa shape index (κ2) is 5.05. The molecule has 0 spiro atoms. The van der Waals surface area contributed by atoms with Gasteiger partial charge in [0.05, 0.1) is 6.54 Å². The maximum Gasteiger partial charge on any atom is 0.188 e. The molecule has 0 saturated heterocycles. The summed E-state index contributed by atoms with van der Waals surface area (Å²) in [5.74, 6) is 0.651. The van der Waals surface area contributed by atoms with E-state index >= 15 is 0 Å². The van der Waals surface area contributed by atoms with Crippen LogP contribution in [0, 0.1) is 6.92 Å². The molecule has 2 aromatic rings. The van der Waals surface area contributed by atoms with Crippen LogP contribution in [-0.2, 0) is 13.1 Å². The van der Waals surface area contributed by atoms with Crippen molar-refractivity contribution in [3.8, 4) is 0 Å². The number of aromatic nitrogens is 4. The van der Waals surface area contributed by atoms with Crippen molar-refractivity contribution in [1.82, 2.24) is 25.9 Å². The van der Waals surface area contributed by atoms with Crippen molar-refractivity contribution in [2.24, 2.45) is 0 Å². The topological polar surface area (TPSA) is 66.5 Å². The Hall–Kier alpha value is -1.46. The molecular weight excluding hydrogens is 226 g/mol. The predicted molar refractivity (Wildman–Crippen MR) is 60.9 cm³/mol. The molecule has 84 valence electrons. The van der Waals surface area contributed by atoms with Gasteiger partial charge in [0, 0.05) is 11.6 Å². The normalized spacial score (nSPS) is 10.6. The summed E-state index contributed by atoms with van der Waals surface area (Å²) in [6.45, 7) is 3.30. The minimum Gasteiger partial charge on any atom is -0.306 e. The molecule has 0 unspecified atom stereocenters. The summed E-state index contributed by atoms with van der Waals surface area (Å²) in [6, 6.07) is 6.01. The van der Waals surface area contributed by atoms with Crippen molar-refractivity contribution in [3.63, 3.8) is 0 Å². The van der Waals surface area contributed by atoms with Crippen LogP contribution in [0.4, 0.5) is 0 Å². The number of aromatic amines is 1. The third-order valence-electron chi connectivity index (χ3n) is 2.24. The molecule has 2 rings (SSSR count). The first-order chi connectivity index (χ1) is 7.75. The van der Waals surface area contributed by atoms with Crippen molar-refractivity contribution >= 4 is 11.6 Å². The van der Waals surface area contributed by atoms with Gasteiger partial charge in [-0.2, -0.15) is 5.21 Å². The maximum atomic E-state index is 6.02. The first kappa shape index (κ1) is 11.0. The van der Waals surface area contributed by atoms with Gasteiger partial charge in [-0.15, -0.1) is 10.2 Å². The van der Waals surface area contributed by atoms with E-state index in [2.05, 4.69) is 25.9 Å². The first-order valence-corrected chi connectivity index (χ1v) is 5.31. The molecule has 16 heavy (non-hydrogen) atoms. The molecule has 0 aliphatic rings. The number of halogens is 1. The number of benzene rings is 1. The zero-order valence-corrected chi connectivity index (χ0v) is 9.62. The number of hydrogen-bond acceptors (Lipinski definition) is 4. The molecule has 5 nitrogen and oxygen atoms in total. The molecule has 2 N–H and O–H groups in total. The van der Waals surface area contributed by atoms with Crippen LogP contribution < -0.4 is 5.32 Å². The summed E-state index contributed by atoms with van der Waals surface area (Å²) in [5, 5.41) is 17.6. The van der Waals surface area contributed by atoms with Gasteiger partial charge >= 0.3 is 0 Å². The van der Waals surface area contributed by atoms with Crippen LogP contribution in [-0.4, -0.2) is 20.6 Å². The minimum atomic E-state index is 0.585. The number of hydrogen-bond donors (Lipinski definition) is 2. The Morgan fingerprint density at radius 1 is 1.38 bits per heavy atom. The molecule has 1 aromatic heterocycles. The van der Waals surface area contributed by atoms with Gasteiger partial charge in [-0.1, -0.05) is 28.9 Å². The fourth-order valence-corrected chi connectivity index (χ4v) is 1.53. The van der Waals surface area contributed by atoms with Crippen LogP contribution in [0.5, 0.6) is 0 Å². The van der Waals surface area contributed by atoms with Crippen molar-refractivity contribution in [2.75, 3.05) is 0 Å². The molecule has 0 radical (unpaired) electrons. The minimum absolute atomic E-state index is 0.585. The van der Waals surface area contributed by atoms with Crippen molar-refractivity contribution < 1.29 is 0 Å². The van der Waals surface area contributed by atoms with Crippen LogP contribution in [0.2, 0.25) is 5.02 Å². The van der Waals surface area contributed by atoms with E-state index in [4.69, 9.17) is 11.6 Å². The Kier molecular flexibility index (Phi) is 3.48. The molecule has 6 heteroatoms. The fourth-order valence-electron chi connectivity index (χ4n) is 1.32. The molecular formula is C10H12ClN5. The standard InChI is InChI=1S/C10H12ClN5/c1-7-2-3-8(4-9(7)11)5-12-6-10-13-15-16-14-10/h2-4,12H,5-6H2,1H3,(H,13,14,15,16). The lowest BCUT2D eigenvalue weighted by Gasteiger charge is -2.04. The van der Waals surface area contributed by atoms with Crippen LogP contribution in [0.1, 0.15) is 17.0 Å². The highest BCUT2D eigenvalue weighted by molar-refractivity contribution is 6.31. The van der Waals surface area contributed by atoms with Gasteiger partial charge in [-0.05, 0) is 24.1 Å². The number of nitrogens with one attached hydrogen (secondary N) is 2. The zero-order chi connectivity index (χ0) is 11.4. The van der Waals surface area contributed by atoms with E-state index in [0.29, 0.717) is 12.4 Å². The Morgan fingerprint density at radius 2 is 2.25 bits per heavy atom. The highest BCUT2D eigenvalue weighted by atomic mass is 35.5. The highest BCUT2D eigenvalue weighted by Crippen LogP contribution is 2.16. The smallest absolute Gasteiger partial charge is 0.188 e. The molecule has 0 saturated carbocycles. The summed E-state index contributed by atoms with van der Waals surface area (Å²) < 4.78 is 0. The summed E-state index contributed by atoms with van der Waals surface area (Å²) in [4.78, 5) is 0. The largest absolute Gasteiger partial charge is 0.306 e. The van der Waals surface area contributed by atoms with Gasteiger partial charge in [0.15, 0.2) is 5.82 Å². The third kappa shape index (κ3) is 2.77. The average molecular weight is 238 g/mol. The molecule has 1 aromatic carbocycles.